The largest absolute Gasteiger partial charge is 0.330 e. The quantitative estimate of drug-likeness (QED) is 0.586. The van der Waals surface area contributed by atoms with Gasteiger partial charge < -0.3 is 11.5 Å². The summed E-state index contributed by atoms with van der Waals surface area (Å²) in [5.74, 6) is 0. The minimum absolute atomic E-state index is 0.0544. The topological polar surface area (TPSA) is 64.1 Å². The molecule has 3 heteroatoms. The monoisotopic (exact) mass is 193 g/mol. The lowest BCUT2D eigenvalue weighted by molar-refractivity contribution is 0.482. The van der Waals surface area contributed by atoms with E-state index in [2.05, 4.69) is 17.4 Å². The Bertz CT molecular complexity index is 236. The van der Waals surface area contributed by atoms with E-state index in [4.69, 9.17) is 11.5 Å². The summed E-state index contributed by atoms with van der Waals surface area (Å²) in [6, 6.07) is 10.2. The fourth-order valence-electron chi connectivity index (χ4n) is 1.28. The molecule has 0 fully saturated rings. The van der Waals surface area contributed by atoms with Crippen molar-refractivity contribution in [3.63, 3.8) is 0 Å². The van der Waals surface area contributed by atoms with Crippen molar-refractivity contribution in [1.29, 1.82) is 0 Å². The van der Waals surface area contributed by atoms with Crippen LogP contribution in [-0.4, -0.2) is 12.7 Å². The molecule has 0 heterocycles. The predicted octanol–water partition coefficient (Wildman–Crippen LogP) is 0.800. The van der Waals surface area contributed by atoms with Gasteiger partial charge in [0.1, 0.15) is 0 Å². The fraction of sp³-hybridized carbons (Fsp3) is 0.455. The SMILES string of the molecule is NCCCC(N)NCc1ccccc1. The van der Waals surface area contributed by atoms with Crippen molar-refractivity contribution in [3.05, 3.63) is 35.9 Å². The van der Waals surface area contributed by atoms with Gasteiger partial charge in [-0.15, -0.1) is 0 Å². The third-order valence-corrected chi connectivity index (χ3v) is 2.13. The normalized spacial score (nSPS) is 12.7. The summed E-state index contributed by atoms with van der Waals surface area (Å²) in [6.07, 6.45) is 1.96. The molecule has 0 aliphatic heterocycles. The molecule has 0 aromatic heterocycles. The third kappa shape index (κ3) is 4.37. The first-order valence-electron chi connectivity index (χ1n) is 5.06. The van der Waals surface area contributed by atoms with Crippen LogP contribution in [0.15, 0.2) is 30.3 Å². The zero-order chi connectivity index (χ0) is 10.2. The Morgan fingerprint density at radius 3 is 2.57 bits per heavy atom. The first kappa shape index (κ1) is 11.2. The van der Waals surface area contributed by atoms with Gasteiger partial charge in [0.25, 0.3) is 0 Å². The van der Waals surface area contributed by atoms with E-state index in [1.807, 2.05) is 18.2 Å². The van der Waals surface area contributed by atoms with Gasteiger partial charge in [0.2, 0.25) is 0 Å². The fourth-order valence-corrected chi connectivity index (χ4v) is 1.28. The number of rotatable bonds is 6. The summed E-state index contributed by atoms with van der Waals surface area (Å²) >= 11 is 0. The lowest BCUT2D eigenvalue weighted by Crippen LogP contribution is -2.37. The molecule has 0 aliphatic carbocycles. The Labute approximate surface area is 85.5 Å². The molecule has 0 bridgehead atoms. The molecule has 1 aromatic carbocycles. The van der Waals surface area contributed by atoms with Crippen LogP contribution in [0.3, 0.4) is 0 Å². The lowest BCUT2D eigenvalue weighted by Gasteiger charge is -2.12. The minimum Gasteiger partial charge on any atom is -0.330 e. The Kier molecular flexibility index (Phi) is 5.22. The highest BCUT2D eigenvalue weighted by Crippen LogP contribution is 1.98. The number of hydrogen-bond acceptors (Lipinski definition) is 3. The highest BCUT2D eigenvalue weighted by Gasteiger charge is 1.99. The summed E-state index contributed by atoms with van der Waals surface area (Å²) in [4.78, 5) is 0. The Morgan fingerprint density at radius 1 is 1.21 bits per heavy atom. The van der Waals surface area contributed by atoms with Gasteiger partial charge in [-0.1, -0.05) is 30.3 Å². The van der Waals surface area contributed by atoms with Gasteiger partial charge in [-0.25, -0.2) is 0 Å². The van der Waals surface area contributed by atoms with Crippen LogP contribution < -0.4 is 16.8 Å². The molecule has 14 heavy (non-hydrogen) atoms. The molecule has 0 saturated heterocycles. The van der Waals surface area contributed by atoms with Crippen LogP contribution >= 0.6 is 0 Å². The van der Waals surface area contributed by atoms with E-state index < -0.39 is 0 Å². The Hall–Kier alpha value is -0.900. The molecule has 0 aliphatic rings. The molecule has 3 nitrogen and oxygen atoms in total. The second kappa shape index (κ2) is 6.54. The average Bonchev–Trinajstić information content (AvgIpc) is 2.25. The van der Waals surface area contributed by atoms with Gasteiger partial charge >= 0.3 is 0 Å². The van der Waals surface area contributed by atoms with E-state index in [0.29, 0.717) is 6.54 Å². The van der Waals surface area contributed by atoms with Gasteiger partial charge in [-0.05, 0) is 24.9 Å². The molecule has 1 atom stereocenters. The molecule has 5 N–H and O–H groups in total. The van der Waals surface area contributed by atoms with Crippen LogP contribution in [0.2, 0.25) is 0 Å². The van der Waals surface area contributed by atoms with Gasteiger partial charge in [-0.3, -0.25) is 5.32 Å². The molecule has 78 valence electrons. The lowest BCUT2D eigenvalue weighted by atomic mass is 10.2. The van der Waals surface area contributed by atoms with E-state index in [-0.39, 0.29) is 6.17 Å². The van der Waals surface area contributed by atoms with Crippen LogP contribution in [0.5, 0.6) is 0 Å². The maximum atomic E-state index is 5.84. The molecule has 0 spiro atoms. The summed E-state index contributed by atoms with van der Waals surface area (Å²) in [5.41, 5.74) is 12.5. The van der Waals surface area contributed by atoms with Crippen LogP contribution in [0.25, 0.3) is 0 Å². The summed E-state index contributed by atoms with van der Waals surface area (Å²) in [6.45, 7) is 1.54. The zero-order valence-electron chi connectivity index (χ0n) is 8.45. The van der Waals surface area contributed by atoms with Crippen molar-refractivity contribution >= 4 is 0 Å². The molecule has 0 saturated carbocycles. The minimum atomic E-state index is 0.0544. The van der Waals surface area contributed by atoms with Gasteiger partial charge in [0.15, 0.2) is 0 Å². The number of hydrogen-bond donors (Lipinski definition) is 3. The van der Waals surface area contributed by atoms with Crippen molar-refractivity contribution < 1.29 is 0 Å². The molecule has 1 aromatic rings. The van der Waals surface area contributed by atoms with Crippen molar-refractivity contribution in [2.24, 2.45) is 11.5 Å². The molecule has 0 amide bonds. The smallest absolute Gasteiger partial charge is 0.0549 e. The molecular weight excluding hydrogens is 174 g/mol. The average molecular weight is 193 g/mol. The van der Waals surface area contributed by atoms with E-state index in [1.54, 1.807) is 0 Å². The van der Waals surface area contributed by atoms with Crippen molar-refractivity contribution in [3.8, 4) is 0 Å². The highest BCUT2D eigenvalue weighted by molar-refractivity contribution is 5.14. The predicted molar refractivity (Wildman–Crippen MR) is 59.5 cm³/mol. The first-order chi connectivity index (χ1) is 6.83. The molecule has 1 unspecified atom stereocenters. The van der Waals surface area contributed by atoms with E-state index in [1.165, 1.54) is 5.56 Å². The maximum absolute atomic E-state index is 5.84. The summed E-state index contributed by atoms with van der Waals surface area (Å²) in [7, 11) is 0. The number of nitrogens with one attached hydrogen (secondary N) is 1. The van der Waals surface area contributed by atoms with Crippen LogP contribution in [0.4, 0.5) is 0 Å². The van der Waals surface area contributed by atoms with E-state index in [9.17, 15) is 0 Å². The Balaban J connectivity index is 2.20. The van der Waals surface area contributed by atoms with Crippen LogP contribution in [-0.2, 0) is 6.54 Å². The molecular formula is C11H19N3. The first-order valence-corrected chi connectivity index (χ1v) is 5.06. The summed E-state index contributed by atoms with van der Waals surface area (Å²) < 4.78 is 0. The number of benzene rings is 1. The Morgan fingerprint density at radius 2 is 1.93 bits per heavy atom. The second-order valence-corrected chi connectivity index (χ2v) is 3.40. The molecule has 1 rings (SSSR count). The zero-order valence-corrected chi connectivity index (χ0v) is 8.45. The van der Waals surface area contributed by atoms with Crippen LogP contribution in [0, 0.1) is 0 Å². The molecule has 0 radical (unpaired) electrons. The second-order valence-electron chi connectivity index (χ2n) is 3.40. The third-order valence-electron chi connectivity index (χ3n) is 2.13. The maximum Gasteiger partial charge on any atom is 0.0549 e. The van der Waals surface area contributed by atoms with Gasteiger partial charge in [0.05, 0.1) is 6.17 Å². The van der Waals surface area contributed by atoms with Gasteiger partial charge in [0, 0.05) is 6.54 Å². The highest BCUT2D eigenvalue weighted by atomic mass is 15.0. The van der Waals surface area contributed by atoms with Crippen molar-refractivity contribution in [2.45, 2.75) is 25.6 Å². The van der Waals surface area contributed by atoms with E-state index in [0.717, 1.165) is 19.4 Å². The van der Waals surface area contributed by atoms with Crippen molar-refractivity contribution in [1.82, 2.24) is 5.32 Å². The standard InChI is InChI=1S/C11H19N3/c12-8-4-7-11(13)14-9-10-5-2-1-3-6-10/h1-3,5-6,11,14H,4,7-9,12-13H2. The van der Waals surface area contributed by atoms with Crippen molar-refractivity contribution in [2.75, 3.05) is 6.54 Å². The van der Waals surface area contributed by atoms with Gasteiger partial charge in [-0.2, -0.15) is 0 Å². The number of nitrogens with two attached hydrogens (primary N) is 2. The van der Waals surface area contributed by atoms with E-state index >= 15 is 0 Å². The summed E-state index contributed by atoms with van der Waals surface area (Å²) in [5, 5.41) is 3.26. The van der Waals surface area contributed by atoms with Crippen LogP contribution in [0.1, 0.15) is 18.4 Å².